The quantitative estimate of drug-likeness (QED) is 0.753. The van der Waals surface area contributed by atoms with Crippen molar-refractivity contribution in [1.82, 2.24) is 0 Å². The number of halogens is 2. The van der Waals surface area contributed by atoms with Crippen LogP contribution in [0.2, 0.25) is 0 Å². The smallest absolute Gasteiger partial charge is 0.415 e. The molecule has 0 aromatic rings. The molecule has 0 aromatic heterocycles. The molecule has 0 heterocycles. The Morgan fingerprint density at radius 2 is 2.00 bits per heavy atom. The van der Waals surface area contributed by atoms with Gasteiger partial charge in [-0.2, -0.15) is 8.78 Å². The molecule has 0 aliphatic carbocycles. The van der Waals surface area contributed by atoms with E-state index in [4.69, 9.17) is 5.11 Å². The molecule has 3 nitrogen and oxygen atoms in total. The topological polar surface area (TPSA) is 54.4 Å². The Morgan fingerprint density at radius 1 is 1.54 bits per heavy atom. The Bertz CT molecular complexity index is 216. The predicted octanol–water partition coefficient (Wildman–Crippen LogP) is 1.46. The largest absolute Gasteiger partial charge is 0.476 e. The van der Waals surface area contributed by atoms with Crippen molar-refractivity contribution in [2.75, 3.05) is 5.75 Å². The molecule has 13 heavy (non-hydrogen) atoms. The fourth-order valence-electron chi connectivity index (χ4n) is 0.568. The van der Waals surface area contributed by atoms with Crippen LogP contribution in [0.3, 0.4) is 0 Å². The molecule has 0 bridgehead atoms. The Balaban J connectivity index is 4.18. The van der Waals surface area contributed by atoms with Crippen LogP contribution in [-0.4, -0.2) is 26.3 Å². The minimum atomic E-state index is -4.12. The number of hydrogen-bond acceptors (Lipinski definition) is 2. The third-order valence-electron chi connectivity index (χ3n) is 1.42. The second kappa shape index (κ2) is 4.64. The van der Waals surface area contributed by atoms with Crippen LogP contribution >= 0.6 is 0 Å². The van der Waals surface area contributed by atoms with Crippen LogP contribution < -0.4 is 0 Å². The van der Waals surface area contributed by atoms with Crippen LogP contribution in [0.1, 0.15) is 20.3 Å². The number of carbonyl (C=O) groups is 1. The summed E-state index contributed by atoms with van der Waals surface area (Å²) in [5.41, 5.74) is 0. The highest BCUT2D eigenvalue weighted by Gasteiger charge is 2.45. The van der Waals surface area contributed by atoms with Crippen molar-refractivity contribution in [2.24, 2.45) is 5.92 Å². The summed E-state index contributed by atoms with van der Waals surface area (Å²) in [4.78, 5) is 9.96. The highest BCUT2D eigenvalue weighted by atomic mass is 32.2. The van der Waals surface area contributed by atoms with E-state index in [0.717, 1.165) is 0 Å². The molecule has 0 rings (SSSR count). The van der Waals surface area contributed by atoms with E-state index in [9.17, 15) is 17.8 Å². The molecule has 0 radical (unpaired) electrons. The maximum atomic E-state index is 12.5. The van der Waals surface area contributed by atoms with Gasteiger partial charge in [-0.1, -0.05) is 13.8 Å². The maximum Gasteiger partial charge on any atom is 0.415 e. The van der Waals surface area contributed by atoms with Gasteiger partial charge in [-0.25, -0.2) is 4.79 Å². The van der Waals surface area contributed by atoms with E-state index in [0.29, 0.717) is 6.42 Å². The van der Waals surface area contributed by atoms with Crippen molar-refractivity contribution in [3.05, 3.63) is 0 Å². The lowest BCUT2D eigenvalue weighted by atomic mass is 10.2. The molecule has 1 N–H and O–H groups in total. The molecule has 0 spiro atoms. The van der Waals surface area contributed by atoms with E-state index in [1.807, 2.05) is 0 Å². The third-order valence-corrected chi connectivity index (χ3v) is 2.77. The van der Waals surface area contributed by atoms with E-state index in [1.165, 1.54) is 0 Å². The van der Waals surface area contributed by atoms with Gasteiger partial charge in [0.05, 0.1) is 0 Å². The molecule has 6 heteroatoms. The molecule has 0 amide bonds. The van der Waals surface area contributed by atoms with E-state index in [1.54, 1.807) is 13.8 Å². The van der Waals surface area contributed by atoms with Crippen molar-refractivity contribution < 1.29 is 22.9 Å². The van der Waals surface area contributed by atoms with Gasteiger partial charge >= 0.3 is 11.2 Å². The SMILES string of the molecule is CC(C)CCS(=O)C(F)(F)C(=O)O. The van der Waals surface area contributed by atoms with Crippen molar-refractivity contribution in [3.8, 4) is 0 Å². The summed E-state index contributed by atoms with van der Waals surface area (Å²) in [6.45, 7) is 3.58. The molecule has 1 atom stereocenters. The molecule has 1 unspecified atom stereocenters. The van der Waals surface area contributed by atoms with E-state index < -0.39 is 22.0 Å². The first-order valence-corrected chi connectivity index (χ1v) is 5.10. The number of carboxylic acids is 1. The van der Waals surface area contributed by atoms with Crippen LogP contribution in [0, 0.1) is 5.92 Å². The summed E-state index contributed by atoms with van der Waals surface area (Å²) < 4.78 is 35.8. The summed E-state index contributed by atoms with van der Waals surface area (Å²) in [5.74, 6) is -2.47. The maximum absolute atomic E-state index is 12.5. The van der Waals surface area contributed by atoms with Crippen LogP contribution in [-0.2, 0) is 15.6 Å². The van der Waals surface area contributed by atoms with E-state index in [2.05, 4.69) is 0 Å². The number of aliphatic carboxylic acids is 1. The van der Waals surface area contributed by atoms with Crippen LogP contribution in [0.15, 0.2) is 0 Å². The summed E-state index contributed by atoms with van der Waals surface area (Å²) in [6, 6.07) is 0. The molecule has 0 fully saturated rings. The second-order valence-electron chi connectivity index (χ2n) is 3.05. The fraction of sp³-hybridized carbons (Fsp3) is 0.857. The average Bonchev–Trinajstić information content (AvgIpc) is 1.99. The summed E-state index contributed by atoms with van der Waals surface area (Å²) in [6.07, 6.45) is 0.329. The predicted molar refractivity (Wildman–Crippen MR) is 45.0 cm³/mol. The molecule has 0 saturated carbocycles. The van der Waals surface area contributed by atoms with Gasteiger partial charge in [0.15, 0.2) is 0 Å². The van der Waals surface area contributed by atoms with Gasteiger partial charge in [0.1, 0.15) is 10.8 Å². The van der Waals surface area contributed by atoms with Gasteiger partial charge in [-0.3, -0.25) is 4.21 Å². The zero-order valence-corrected chi connectivity index (χ0v) is 8.24. The number of carboxylic acid groups (broad SMARTS) is 1. The number of alkyl halides is 2. The Kier molecular flexibility index (Phi) is 4.46. The average molecular weight is 214 g/mol. The van der Waals surface area contributed by atoms with Gasteiger partial charge in [-0.05, 0) is 12.3 Å². The summed E-state index contributed by atoms with van der Waals surface area (Å²) >= 11 is 0. The summed E-state index contributed by atoms with van der Waals surface area (Å²) in [7, 11) is -2.61. The summed E-state index contributed by atoms with van der Waals surface area (Å²) in [5, 5.41) is 3.92. The first kappa shape index (κ1) is 12.5. The molecular weight excluding hydrogens is 202 g/mol. The highest BCUT2D eigenvalue weighted by Crippen LogP contribution is 2.20. The zero-order chi connectivity index (χ0) is 10.6. The minimum Gasteiger partial charge on any atom is -0.476 e. The molecular formula is C7H12F2O3S. The van der Waals surface area contributed by atoms with Crippen molar-refractivity contribution in [3.63, 3.8) is 0 Å². The minimum absolute atomic E-state index is 0.133. The van der Waals surface area contributed by atoms with Crippen LogP contribution in [0.4, 0.5) is 8.78 Å². The Hall–Kier alpha value is -0.520. The Labute approximate surface area is 77.6 Å². The van der Waals surface area contributed by atoms with Crippen molar-refractivity contribution in [2.45, 2.75) is 25.5 Å². The van der Waals surface area contributed by atoms with Crippen LogP contribution in [0.5, 0.6) is 0 Å². The lowest BCUT2D eigenvalue weighted by molar-refractivity contribution is -0.153. The van der Waals surface area contributed by atoms with Crippen molar-refractivity contribution >= 4 is 16.8 Å². The standard InChI is InChI=1S/C7H12F2O3S/c1-5(2)3-4-13(12)7(8,9)6(10)11/h5H,3-4H2,1-2H3,(H,10,11). The van der Waals surface area contributed by atoms with Gasteiger partial charge in [0.25, 0.3) is 0 Å². The molecule has 0 saturated heterocycles. The number of hydrogen-bond donors (Lipinski definition) is 1. The monoisotopic (exact) mass is 214 g/mol. The van der Waals surface area contributed by atoms with E-state index >= 15 is 0 Å². The highest BCUT2D eigenvalue weighted by molar-refractivity contribution is 7.86. The second-order valence-corrected chi connectivity index (χ2v) is 4.67. The molecule has 0 aromatic carbocycles. The first-order chi connectivity index (χ1) is 5.78. The lowest BCUT2D eigenvalue weighted by Gasteiger charge is -2.11. The zero-order valence-electron chi connectivity index (χ0n) is 7.42. The Morgan fingerprint density at radius 3 is 2.31 bits per heavy atom. The van der Waals surface area contributed by atoms with Gasteiger partial charge in [0.2, 0.25) is 0 Å². The normalized spacial score (nSPS) is 14.5. The van der Waals surface area contributed by atoms with Crippen LogP contribution in [0.25, 0.3) is 0 Å². The van der Waals surface area contributed by atoms with E-state index in [-0.39, 0.29) is 11.7 Å². The fourth-order valence-corrected chi connectivity index (χ4v) is 1.70. The van der Waals surface area contributed by atoms with Gasteiger partial charge < -0.3 is 5.11 Å². The molecule has 0 aliphatic heterocycles. The lowest BCUT2D eigenvalue weighted by Crippen LogP contribution is -2.35. The van der Waals surface area contributed by atoms with Gasteiger partial charge in [0, 0.05) is 5.75 Å². The molecule has 0 aliphatic rings. The third kappa shape index (κ3) is 3.80. The van der Waals surface area contributed by atoms with Crippen molar-refractivity contribution in [1.29, 1.82) is 0 Å². The van der Waals surface area contributed by atoms with Gasteiger partial charge in [-0.15, -0.1) is 0 Å². The first-order valence-electron chi connectivity index (χ1n) is 3.78. The molecule has 78 valence electrons. The number of rotatable bonds is 5.